The Labute approximate surface area is 195 Å². The van der Waals surface area contributed by atoms with Crippen LogP contribution in [0.4, 0.5) is 15.4 Å². The lowest BCUT2D eigenvalue weighted by Crippen LogP contribution is -2.27. The van der Waals surface area contributed by atoms with Gasteiger partial charge in [-0.05, 0) is 66.2 Å². The molecule has 2 heterocycles. The molecule has 180 valence electrons. The molecule has 0 radical (unpaired) electrons. The third kappa shape index (κ3) is 8.80. The van der Waals surface area contributed by atoms with Crippen LogP contribution >= 0.6 is 0 Å². The molecule has 0 aliphatic rings. The quantitative estimate of drug-likeness (QED) is 0.553. The topological polar surface area (TPSA) is 121 Å². The normalized spacial score (nSPS) is 11.4. The molecule has 1 aromatic carbocycles. The molecule has 0 saturated carbocycles. The van der Waals surface area contributed by atoms with Gasteiger partial charge < -0.3 is 19.8 Å². The molecule has 0 spiro atoms. The van der Waals surface area contributed by atoms with Gasteiger partial charge in [0.05, 0.1) is 5.52 Å². The molecule has 0 atom stereocenters. The van der Waals surface area contributed by atoms with Crippen LogP contribution < -0.4 is 11.1 Å². The summed E-state index contributed by atoms with van der Waals surface area (Å²) in [7, 11) is 0. The molecule has 2 amide bonds. The van der Waals surface area contributed by atoms with Crippen molar-refractivity contribution >= 4 is 29.2 Å². The molecule has 3 aromatic rings. The van der Waals surface area contributed by atoms with Crippen molar-refractivity contribution in [1.82, 2.24) is 14.5 Å². The third-order valence-electron chi connectivity index (χ3n) is 4.02. The highest BCUT2D eigenvalue weighted by Gasteiger charge is 2.17. The Morgan fingerprint density at radius 1 is 0.970 bits per heavy atom. The second-order valence-corrected chi connectivity index (χ2v) is 9.43. The SMILES string of the molecule is CC(C)(C)OC(N)=O.Cc1nc2nc(NC(=O)OC(C)(C)C)ccc2n1Cc1ccccc1.[HH]. The van der Waals surface area contributed by atoms with Gasteiger partial charge in [0.1, 0.15) is 22.8 Å². The number of amides is 2. The standard InChI is InChI=1S/C19H22N4O2.C5H11NO2.H2/c1-13-20-17-15(23(13)12-14-8-6-5-7-9-14)10-11-16(21-17)22-18(24)25-19(2,3)4;1-5(2,3)8-4(6)7;/h5-11H,12H2,1-4H3,(H,21,22,24);1-3H3,(H2,6,7);1H. The van der Waals surface area contributed by atoms with Crippen molar-refractivity contribution in [2.75, 3.05) is 5.32 Å². The van der Waals surface area contributed by atoms with Crippen LogP contribution in [0.5, 0.6) is 0 Å². The number of nitrogens with two attached hydrogens (primary N) is 1. The molecule has 0 unspecified atom stereocenters. The molecule has 0 saturated heterocycles. The molecule has 9 nitrogen and oxygen atoms in total. The Bertz CT molecular complexity index is 1100. The van der Waals surface area contributed by atoms with Crippen LogP contribution in [0.3, 0.4) is 0 Å². The number of ether oxygens (including phenoxy) is 2. The lowest BCUT2D eigenvalue weighted by molar-refractivity contribution is 0.0596. The predicted octanol–water partition coefficient (Wildman–Crippen LogP) is 5.26. The summed E-state index contributed by atoms with van der Waals surface area (Å²) in [5, 5.41) is 2.65. The number of primary amides is 1. The minimum Gasteiger partial charge on any atom is -0.444 e. The van der Waals surface area contributed by atoms with Crippen molar-refractivity contribution in [3.8, 4) is 0 Å². The number of carbonyl (C=O) groups excluding carboxylic acids is 2. The number of hydrogen-bond donors (Lipinski definition) is 2. The average molecular weight is 458 g/mol. The number of benzene rings is 1. The summed E-state index contributed by atoms with van der Waals surface area (Å²) in [6.45, 7) is 13.4. The summed E-state index contributed by atoms with van der Waals surface area (Å²) in [6.07, 6.45) is -1.25. The largest absolute Gasteiger partial charge is 0.444 e. The van der Waals surface area contributed by atoms with Crippen LogP contribution in [0.25, 0.3) is 11.2 Å². The number of anilines is 1. The summed E-state index contributed by atoms with van der Waals surface area (Å²) >= 11 is 0. The number of hydrogen-bond acceptors (Lipinski definition) is 6. The summed E-state index contributed by atoms with van der Waals surface area (Å²) in [6, 6.07) is 13.9. The van der Waals surface area contributed by atoms with Gasteiger partial charge in [-0.15, -0.1) is 0 Å². The smallest absolute Gasteiger partial charge is 0.413 e. The first-order valence-electron chi connectivity index (χ1n) is 10.6. The van der Waals surface area contributed by atoms with Gasteiger partial charge in [-0.3, -0.25) is 5.32 Å². The number of aryl methyl sites for hydroxylation is 1. The zero-order valence-electron chi connectivity index (χ0n) is 20.3. The molecule has 33 heavy (non-hydrogen) atoms. The van der Waals surface area contributed by atoms with Gasteiger partial charge in [0.25, 0.3) is 0 Å². The lowest BCUT2D eigenvalue weighted by atomic mass is 10.2. The van der Waals surface area contributed by atoms with Crippen LogP contribution in [0.2, 0.25) is 0 Å². The van der Waals surface area contributed by atoms with Gasteiger partial charge >= 0.3 is 12.2 Å². The monoisotopic (exact) mass is 457 g/mol. The highest BCUT2D eigenvalue weighted by Crippen LogP contribution is 2.19. The van der Waals surface area contributed by atoms with E-state index in [4.69, 9.17) is 10.5 Å². The molecular weight excluding hydrogens is 422 g/mol. The third-order valence-corrected chi connectivity index (χ3v) is 4.02. The molecule has 0 bridgehead atoms. The highest BCUT2D eigenvalue weighted by atomic mass is 16.6. The summed E-state index contributed by atoms with van der Waals surface area (Å²) in [5.74, 6) is 1.30. The Kier molecular flexibility index (Phi) is 8.03. The van der Waals surface area contributed by atoms with Crippen molar-refractivity contribution in [2.45, 2.75) is 66.2 Å². The average Bonchev–Trinajstić information content (AvgIpc) is 2.94. The lowest BCUT2D eigenvalue weighted by Gasteiger charge is -2.19. The Morgan fingerprint density at radius 3 is 2.09 bits per heavy atom. The molecule has 0 aliphatic heterocycles. The molecular formula is C24H35N5O4. The number of nitrogens with zero attached hydrogens (tertiary/aromatic N) is 3. The second kappa shape index (κ2) is 10.3. The molecule has 2 aromatic heterocycles. The van der Waals surface area contributed by atoms with Gasteiger partial charge in [-0.2, -0.15) is 0 Å². The zero-order chi connectivity index (χ0) is 24.8. The van der Waals surface area contributed by atoms with Gasteiger partial charge in [0, 0.05) is 7.97 Å². The van der Waals surface area contributed by atoms with Crippen LogP contribution in [0, 0.1) is 6.92 Å². The molecule has 9 heteroatoms. The first-order chi connectivity index (χ1) is 15.2. The van der Waals surface area contributed by atoms with E-state index in [1.54, 1.807) is 26.8 Å². The molecule has 3 N–H and O–H groups in total. The van der Waals surface area contributed by atoms with Crippen LogP contribution in [0.15, 0.2) is 42.5 Å². The summed E-state index contributed by atoms with van der Waals surface area (Å²) in [5.41, 5.74) is 6.43. The van der Waals surface area contributed by atoms with Gasteiger partial charge in [0.2, 0.25) is 0 Å². The highest BCUT2D eigenvalue weighted by molar-refractivity contribution is 5.85. The first-order valence-corrected chi connectivity index (χ1v) is 10.6. The predicted molar refractivity (Wildman–Crippen MR) is 130 cm³/mol. The first kappa shape index (κ1) is 25.6. The fourth-order valence-electron chi connectivity index (χ4n) is 2.87. The van der Waals surface area contributed by atoms with Crippen molar-refractivity contribution in [3.05, 3.63) is 53.9 Å². The van der Waals surface area contributed by atoms with E-state index in [2.05, 4.69) is 36.7 Å². The zero-order valence-corrected chi connectivity index (χ0v) is 20.3. The Morgan fingerprint density at radius 2 is 1.58 bits per heavy atom. The van der Waals surface area contributed by atoms with E-state index in [0.717, 1.165) is 17.9 Å². The number of rotatable bonds is 3. The van der Waals surface area contributed by atoms with E-state index >= 15 is 0 Å². The van der Waals surface area contributed by atoms with Crippen LogP contribution in [0.1, 0.15) is 54.4 Å². The Balaban J connectivity index is 0.000000556. The Hall–Kier alpha value is -3.62. The number of fused-ring (bicyclic) bond motifs is 1. The van der Waals surface area contributed by atoms with E-state index in [-0.39, 0.29) is 1.43 Å². The maximum atomic E-state index is 11.9. The molecule has 0 fully saturated rings. The van der Waals surface area contributed by atoms with Gasteiger partial charge in [-0.1, -0.05) is 30.3 Å². The van der Waals surface area contributed by atoms with Crippen molar-refractivity contribution < 1.29 is 20.5 Å². The van der Waals surface area contributed by atoms with Crippen LogP contribution in [-0.2, 0) is 16.0 Å². The summed E-state index contributed by atoms with van der Waals surface area (Å²) < 4.78 is 11.9. The molecule has 0 aliphatic carbocycles. The van der Waals surface area contributed by atoms with Crippen molar-refractivity contribution in [3.63, 3.8) is 0 Å². The van der Waals surface area contributed by atoms with Crippen molar-refractivity contribution in [1.29, 1.82) is 0 Å². The van der Waals surface area contributed by atoms with Gasteiger partial charge in [0.15, 0.2) is 5.65 Å². The second-order valence-electron chi connectivity index (χ2n) is 9.43. The van der Waals surface area contributed by atoms with E-state index in [1.807, 2.05) is 52.0 Å². The fraction of sp³-hybridized carbons (Fsp3) is 0.417. The van der Waals surface area contributed by atoms with Gasteiger partial charge in [-0.25, -0.2) is 19.6 Å². The minimum atomic E-state index is -0.725. The van der Waals surface area contributed by atoms with E-state index < -0.39 is 23.4 Å². The number of imidazole rings is 1. The van der Waals surface area contributed by atoms with Crippen molar-refractivity contribution in [2.24, 2.45) is 5.73 Å². The maximum absolute atomic E-state index is 11.9. The number of aromatic nitrogens is 3. The van der Waals surface area contributed by atoms with Crippen LogP contribution in [-0.4, -0.2) is 37.9 Å². The molecule has 3 rings (SSSR count). The van der Waals surface area contributed by atoms with E-state index in [9.17, 15) is 9.59 Å². The minimum absolute atomic E-state index is 0. The summed E-state index contributed by atoms with van der Waals surface area (Å²) in [4.78, 5) is 30.8. The number of carbonyl (C=O) groups is 2. The van der Waals surface area contributed by atoms with E-state index in [1.165, 1.54) is 5.56 Å². The fourth-order valence-corrected chi connectivity index (χ4v) is 2.87. The van der Waals surface area contributed by atoms with E-state index in [0.29, 0.717) is 11.5 Å². The number of nitrogens with one attached hydrogen (secondary N) is 1. The number of pyridine rings is 1. The maximum Gasteiger partial charge on any atom is 0.413 e.